The summed E-state index contributed by atoms with van der Waals surface area (Å²) in [7, 11) is 1.38. The summed E-state index contributed by atoms with van der Waals surface area (Å²) in [6, 6.07) is 7.75. The molecule has 1 aliphatic rings. The van der Waals surface area contributed by atoms with Crippen molar-refractivity contribution < 1.29 is 13.9 Å². The Morgan fingerprint density at radius 1 is 1.31 bits per heavy atom. The molecule has 4 rings (SSSR count). The molecule has 7 nitrogen and oxygen atoms in total. The van der Waals surface area contributed by atoms with Crippen LogP contribution in [0.4, 0.5) is 0 Å². The molecular weight excluding hydrogens is 332 g/mol. The number of hydrogen-bond donors (Lipinski definition) is 0. The van der Waals surface area contributed by atoms with Gasteiger partial charge in [0.1, 0.15) is 22.9 Å². The lowest BCUT2D eigenvalue weighted by Gasteiger charge is -2.30. The first-order valence-electron chi connectivity index (χ1n) is 8.85. The highest BCUT2D eigenvalue weighted by molar-refractivity contribution is 5.90. The minimum absolute atomic E-state index is 0.352. The number of nitrogens with zero attached hydrogens (tertiary/aromatic N) is 4. The van der Waals surface area contributed by atoms with Gasteiger partial charge in [0.25, 0.3) is 0 Å². The Bertz CT molecular complexity index is 922. The number of ether oxygens (including phenoxy) is 1. The molecule has 0 unspecified atom stereocenters. The molecule has 0 radical (unpaired) electrons. The topological polar surface area (TPSA) is 72.9 Å². The van der Waals surface area contributed by atoms with E-state index >= 15 is 0 Å². The maximum atomic E-state index is 11.7. The van der Waals surface area contributed by atoms with E-state index in [-0.39, 0.29) is 5.97 Å². The Balaban J connectivity index is 1.40. The van der Waals surface area contributed by atoms with Gasteiger partial charge in [-0.25, -0.2) is 4.79 Å². The minimum atomic E-state index is -0.352. The van der Waals surface area contributed by atoms with E-state index in [0.717, 1.165) is 43.2 Å². The molecule has 7 heteroatoms. The summed E-state index contributed by atoms with van der Waals surface area (Å²) in [5.74, 6) is 2.51. The molecule has 0 bridgehead atoms. The molecule has 1 saturated heterocycles. The van der Waals surface area contributed by atoms with Crippen LogP contribution in [0.15, 0.2) is 34.9 Å². The van der Waals surface area contributed by atoms with E-state index in [9.17, 15) is 4.79 Å². The van der Waals surface area contributed by atoms with Gasteiger partial charge in [-0.2, -0.15) is 0 Å². The Morgan fingerprint density at radius 3 is 2.88 bits per heavy atom. The van der Waals surface area contributed by atoms with Gasteiger partial charge in [0.05, 0.1) is 13.7 Å². The van der Waals surface area contributed by atoms with Crippen LogP contribution in [-0.2, 0) is 11.3 Å². The zero-order chi connectivity index (χ0) is 18.1. The number of methoxy groups -OCH3 is 1. The van der Waals surface area contributed by atoms with Crippen molar-refractivity contribution in [2.75, 3.05) is 20.2 Å². The second-order valence-corrected chi connectivity index (χ2v) is 6.71. The molecule has 0 spiro atoms. The first-order chi connectivity index (χ1) is 12.7. The highest BCUT2D eigenvalue weighted by atomic mass is 16.5. The smallest absolute Gasteiger partial charge is 0.341 e. The lowest BCUT2D eigenvalue weighted by Crippen LogP contribution is -2.32. The highest BCUT2D eigenvalue weighted by Gasteiger charge is 2.25. The van der Waals surface area contributed by atoms with Gasteiger partial charge in [-0.15, -0.1) is 10.2 Å². The van der Waals surface area contributed by atoms with Crippen molar-refractivity contribution in [2.45, 2.75) is 32.2 Å². The lowest BCUT2D eigenvalue weighted by molar-refractivity contribution is 0.0599. The number of hydrogen-bond acceptors (Lipinski definition) is 6. The summed E-state index contributed by atoms with van der Waals surface area (Å²) < 4.78 is 12.6. The second-order valence-electron chi connectivity index (χ2n) is 6.71. The molecule has 0 aromatic carbocycles. The largest absolute Gasteiger partial charge is 0.465 e. The number of carbonyl (C=O) groups is 1. The Labute approximate surface area is 151 Å². The molecule has 3 aromatic rings. The molecule has 26 heavy (non-hydrogen) atoms. The molecule has 0 saturated carbocycles. The molecule has 0 atom stereocenters. The van der Waals surface area contributed by atoms with Crippen molar-refractivity contribution in [1.82, 2.24) is 19.5 Å². The summed E-state index contributed by atoms with van der Waals surface area (Å²) in [6.07, 6.45) is 4.08. The van der Waals surface area contributed by atoms with Crippen LogP contribution in [0.5, 0.6) is 0 Å². The predicted molar refractivity (Wildman–Crippen MR) is 95.0 cm³/mol. The average Bonchev–Trinajstić information content (AvgIpc) is 3.25. The SMILES string of the molecule is COC(=O)c1cc(CN2CCC(c3nnc4ccccn34)CC2)oc1C. The third-order valence-corrected chi connectivity index (χ3v) is 5.05. The van der Waals surface area contributed by atoms with E-state index in [4.69, 9.17) is 9.15 Å². The van der Waals surface area contributed by atoms with Crippen LogP contribution >= 0.6 is 0 Å². The predicted octanol–water partition coefficient (Wildman–Crippen LogP) is 2.80. The molecule has 0 amide bonds. The van der Waals surface area contributed by atoms with Gasteiger partial charge in [-0.3, -0.25) is 9.30 Å². The van der Waals surface area contributed by atoms with E-state index in [1.165, 1.54) is 7.11 Å². The first kappa shape index (κ1) is 16.8. The summed E-state index contributed by atoms with van der Waals surface area (Å²) >= 11 is 0. The van der Waals surface area contributed by atoms with Crippen LogP contribution in [-0.4, -0.2) is 45.7 Å². The average molecular weight is 354 g/mol. The van der Waals surface area contributed by atoms with E-state index in [0.29, 0.717) is 23.8 Å². The zero-order valence-electron chi connectivity index (χ0n) is 15.0. The zero-order valence-corrected chi connectivity index (χ0v) is 15.0. The van der Waals surface area contributed by atoms with E-state index < -0.39 is 0 Å². The molecule has 3 aromatic heterocycles. The van der Waals surface area contributed by atoms with Crippen LogP contribution < -0.4 is 0 Å². The number of aryl methyl sites for hydroxylation is 1. The van der Waals surface area contributed by atoms with Crippen molar-refractivity contribution >= 4 is 11.6 Å². The van der Waals surface area contributed by atoms with E-state index in [1.54, 1.807) is 13.0 Å². The number of pyridine rings is 1. The Hall–Kier alpha value is -2.67. The number of piperidine rings is 1. The van der Waals surface area contributed by atoms with Crippen LogP contribution in [0.2, 0.25) is 0 Å². The number of likely N-dealkylation sites (tertiary alicyclic amines) is 1. The van der Waals surface area contributed by atoms with Gasteiger partial charge in [0.15, 0.2) is 5.65 Å². The molecule has 1 fully saturated rings. The maximum absolute atomic E-state index is 11.7. The number of rotatable bonds is 4. The van der Waals surface area contributed by atoms with Crippen molar-refractivity contribution in [1.29, 1.82) is 0 Å². The number of furan rings is 1. The lowest BCUT2D eigenvalue weighted by atomic mass is 9.96. The standard InChI is InChI=1S/C19H22N4O3/c1-13-16(19(24)25-2)11-15(26-13)12-22-9-6-14(7-10-22)18-21-20-17-5-3-4-8-23(17)18/h3-5,8,11,14H,6-7,9-10,12H2,1-2H3. The Morgan fingerprint density at radius 2 is 2.12 bits per heavy atom. The van der Waals surface area contributed by atoms with Crippen LogP contribution in [0.3, 0.4) is 0 Å². The quantitative estimate of drug-likeness (QED) is 0.671. The summed E-state index contributed by atoms with van der Waals surface area (Å²) in [6.45, 7) is 4.41. The van der Waals surface area contributed by atoms with Gasteiger partial charge in [-0.1, -0.05) is 6.07 Å². The second kappa shape index (κ2) is 6.92. The van der Waals surface area contributed by atoms with E-state index in [1.807, 2.05) is 24.4 Å². The monoisotopic (exact) mass is 354 g/mol. The van der Waals surface area contributed by atoms with Crippen molar-refractivity contribution in [3.05, 3.63) is 53.4 Å². The molecule has 0 N–H and O–H groups in total. The number of carbonyl (C=O) groups excluding carboxylic acids is 1. The summed E-state index contributed by atoms with van der Waals surface area (Å²) in [4.78, 5) is 14.1. The van der Waals surface area contributed by atoms with Crippen LogP contribution in [0.1, 0.15) is 46.5 Å². The van der Waals surface area contributed by atoms with Crippen molar-refractivity contribution in [2.24, 2.45) is 0 Å². The third-order valence-electron chi connectivity index (χ3n) is 5.05. The normalized spacial score (nSPS) is 16.2. The van der Waals surface area contributed by atoms with Crippen molar-refractivity contribution in [3.8, 4) is 0 Å². The molecule has 0 aliphatic carbocycles. The van der Waals surface area contributed by atoms with E-state index in [2.05, 4.69) is 19.5 Å². The van der Waals surface area contributed by atoms with Crippen LogP contribution in [0, 0.1) is 6.92 Å². The summed E-state index contributed by atoms with van der Waals surface area (Å²) in [5, 5.41) is 8.65. The highest BCUT2D eigenvalue weighted by Crippen LogP contribution is 2.28. The molecular formula is C19H22N4O3. The number of fused-ring (bicyclic) bond motifs is 1. The Kier molecular flexibility index (Phi) is 4.46. The number of aromatic nitrogens is 3. The fourth-order valence-electron chi connectivity index (χ4n) is 3.64. The van der Waals surface area contributed by atoms with Gasteiger partial charge in [0.2, 0.25) is 0 Å². The summed E-state index contributed by atoms with van der Waals surface area (Å²) in [5.41, 5.74) is 1.40. The van der Waals surface area contributed by atoms with Gasteiger partial charge < -0.3 is 9.15 Å². The fourth-order valence-corrected chi connectivity index (χ4v) is 3.64. The number of esters is 1. The van der Waals surface area contributed by atoms with Gasteiger partial charge in [-0.05, 0) is 51.1 Å². The maximum Gasteiger partial charge on any atom is 0.341 e. The van der Waals surface area contributed by atoms with Crippen molar-refractivity contribution in [3.63, 3.8) is 0 Å². The fraction of sp³-hybridized carbons (Fsp3) is 0.421. The van der Waals surface area contributed by atoms with Gasteiger partial charge in [0, 0.05) is 12.1 Å². The van der Waals surface area contributed by atoms with Crippen LogP contribution in [0.25, 0.3) is 5.65 Å². The third kappa shape index (κ3) is 3.10. The molecule has 1 aliphatic heterocycles. The minimum Gasteiger partial charge on any atom is -0.465 e. The molecule has 4 heterocycles. The first-order valence-corrected chi connectivity index (χ1v) is 8.85. The molecule has 136 valence electrons. The van der Waals surface area contributed by atoms with Gasteiger partial charge >= 0.3 is 5.97 Å².